The fourth-order valence-electron chi connectivity index (χ4n) is 2.08. The number of likely N-dealkylation sites (tertiary alicyclic amines) is 1. The first-order chi connectivity index (χ1) is 8.65. The van der Waals surface area contributed by atoms with Crippen LogP contribution < -0.4 is 4.74 Å². The number of carboxylic acids is 1. The molecule has 1 aliphatic heterocycles. The zero-order valence-electron chi connectivity index (χ0n) is 10.0. The monoisotopic (exact) mass is 269 g/mol. The van der Waals surface area contributed by atoms with E-state index >= 15 is 0 Å². The predicted molar refractivity (Wildman–Crippen MR) is 69.1 cm³/mol. The molecular weight excluding hydrogens is 254 g/mol. The highest BCUT2D eigenvalue weighted by molar-refractivity contribution is 6.32. The van der Waals surface area contributed by atoms with Crippen molar-refractivity contribution in [3.8, 4) is 5.75 Å². The van der Waals surface area contributed by atoms with Crippen LogP contribution in [-0.4, -0.2) is 42.2 Å². The first-order valence-corrected chi connectivity index (χ1v) is 6.34. The number of nitrogens with zero attached hydrogens (tertiary/aromatic N) is 1. The highest BCUT2D eigenvalue weighted by Gasteiger charge is 2.27. The summed E-state index contributed by atoms with van der Waals surface area (Å²) in [5, 5.41) is 9.25. The van der Waals surface area contributed by atoms with Gasteiger partial charge in [0, 0.05) is 19.6 Å². The van der Waals surface area contributed by atoms with Crippen LogP contribution in [0, 0.1) is 5.92 Å². The van der Waals surface area contributed by atoms with E-state index in [1.807, 2.05) is 18.2 Å². The van der Waals surface area contributed by atoms with Gasteiger partial charge in [-0.1, -0.05) is 23.7 Å². The number of carboxylic acid groups (broad SMARTS) is 1. The van der Waals surface area contributed by atoms with Crippen LogP contribution in [0.4, 0.5) is 0 Å². The van der Waals surface area contributed by atoms with Gasteiger partial charge < -0.3 is 9.84 Å². The zero-order chi connectivity index (χ0) is 13.0. The van der Waals surface area contributed by atoms with Crippen molar-refractivity contribution in [3.05, 3.63) is 29.3 Å². The third-order valence-electron chi connectivity index (χ3n) is 3.00. The van der Waals surface area contributed by atoms with Crippen LogP contribution in [0.15, 0.2) is 24.3 Å². The summed E-state index contributed by atoms with van der Waals surface area (Å²) < 4.78 is 5.57. The maximum Gasteiger partial charge on any atom is 0.303 e. The number of rotatable bonds is 6. The minimum atomic E-state index is -0.716. The second-order valence-corrected chi connectivity index (χ2v) is 4.91. The fraction of sp³-hybridized carbons (Fsp3) is 0.462. The topological polar surface area (TPSA) is 49.8 Å². The molecular formula is C13H16ClNO3. The average molecular weight is 270 g/mol. The van der Waals surface area contributed by atoms with Crippen LogP contribution in [0.2, 0.25) is 5.02 Å². The smallest absolute Gasteiger partial charge is 0.303 e. The lowest BCUT2D eigenvalue weighted by molar-refractivity contribution is -0.139. The molecule has 0 unspecified atom stereocenters. The average Bonchev–Trinajstić information content (AvgIpc) is 2.27. The van der Waals surface area contributed by atoms with E-state index in [2.05, 4.69) is 4.90 Å². The molecule has 0 aromatic heterocycles. The quantitative estimate of drug-likeness (QED) is 0.860. The van der Waals surface area contributed by atoms with Crippen molar-refractivity contribution in [3.63, 3.8) is 0 Å². The molecule has 0 spiro atoms. The van der Waals surface area contributed by atoms with Crippen molar-refractivity contribution in [1.82, 2.24) is 4.90 Å². The Hall–Kier alpha value is -1.26. The Morgan fingerprint density at radius 2 is 2.17 bits per heavy atom. The van der Waals surface area contributed by atoms with E-state index in [1.165, 1.54) is 0 Å². The van der Waals surface area contributed by atoms with Gasteiger partial charge in [0.2, 0.25) is 0 Å². The van der Waals surface area contributed by atoms with E-state index in [1.54, 1.807) is 6.07 Å². The number of hydrogen-bond acceptors (Lipinski definition) is 3. The third-order valence-corrected chi connectivity index (χ3v) is 3.31. The molecule has 18 heavy (non-hydrogen) atoms. The maximum atomic E-state index is 10.5. The molecule has 0 bridgehead atoms. The standard InChI is InChI=1S/C13H16ClNO3/c14-11-3-1-2-4-12(11)18-6-5-15-8-10(9-15)7-13(16)17/h1-4,10H,5-9H2,(H,16,17). The van der Waals surface area contributed by atoms with Gasteiger partial charge in [0.15, 0.2) is 0 Å². The van der Waals surface area contributed by atoms with Crippen LogP contribution >= 0.6 is 11.6 Å². The summed E-state index contributed by atoms with van der Waals surface area (Å²) in [5.41, 5.74) is 0. The number of benzene rings is 1. The fourth-order valence-corrected chi connectivity index (χ4v) is 2.27. The number of para-hydroxylation sites is 1. The van der Waals surface area contributed by atoms with Gasteiger partial charge in [-0.15, -0.1) is 0 Å². The third kappa shape index (κ3) is 3.62. The molecule has 0 amide bonds. The molecule has 2 rings (SSSR count). The van der Waals surface area contributed by atoms with Crippen molar-refractivity contribution < 1.29 is 14.6 Å². The zero-order valence-corrected chi connectivity index (χ0v) is 10.8. The van der Waals surface area contributed by atoms with Gasteiger partial charge in [-0.05, 0) is 18.1 Å². The van der Waals surface area contributed by atoms with Crippen LogP contribution in [0.1, 0.15) is 6.42 Å². The lowest BCUT2D eigenvalue weighted by atomic mass is 9.97. The number of ether oxygens (including phenoxy) is 1. The molecule has 0 radical (unpaired) electrons. The molecule has 98 valence electrons. The maximum absolute atomic E-state index is 10.5. The van der Waals surface area contributed by atoms with Crippen LogP contribution in [0.25, 0.3) is 0 Å². The molecule has 1 aliphatic rings. The molecule has 1 saturated heterocycles. The van der Waals surface area contributed by atoms with Gasteiger partial charge >= 0.3 is 5.97 Å². The molecule has 4 nitrogen and oxygen atoms in total. The summed E-state index contributed by atoms with van der Waals surface area (Å²) in [6.07, 6.45) is 0.266. The highest BCUT2D eigenvalue weighted by atomic mass is 35.5. The number of halogens is 1. The van der Waals surface area contributed by atoms with Crippen molar-refractivity contribution in [2.24, 2.45) is 5.92 Å². The summed E-state index contributed by atoms with van der Waals surface area (Å²) >= 11 is 5.96. The summed E-state index contributed by atoms with van der Waals surface area (Å²) in [7, 11) is 0. The van der Waals surface area contributed by atoms with Gasteiger partial charge in [-0.3, -0.25) is 9.69 Å². The Morgan fingerprint density at radius 3 is 2.83 bits per heavy atom. The van der Waals surface area contributed by atoms with Gasteiger partial charge in [0.25, 0.3) is 0 Å². The molecule has 1 aromatic carbocycles. The van der Waals surface area contributed by atoms with E-state index < -0.39 is 5.97 Å². The van der Waals surface area contributed by atoms with Gasteiger partial charge in [-0.25, -0.2) is 0 Å². The summed E-state index contributed by atoms with van der Waals surface area (Å²) in [5.74, 6) is 0.275. The lowest BCUT2D eigenvalue weighted by Crippen LogP contribution is -2.48. The Labute approximate surface area is 111 Å². The van der Waals surface area contributed by atoms with Crippen LogP contribution in [-0.2, 0) is 4.79 Å². The second-order valence-electron chi connectivity index (χ2n) is 4.50. The van der Waals surface area contributed by atoms with Gasteiger partial charge in [0.05, 0.1) is 11.4 Å². The second kappa shape index (κ2) is 6.07. The Kier molecular flexibility index (Phi) is 4.44. The van der Waals surface area contributed by atoms with E-state index in [9.17, 15) is 4.79 Å². The lowest BCUT2D eigenvalue weighted by Gasteiger charge is -2.38. The highest BCUT2D eigenvalue weighted by Crippen LogP contribution is 2.23. The van der Waals surface area contributed by atoms with Crippen molar-refractivity contribution >= 4 is 17.6 Å². The van der Waals surface area contributed by atoms with Gasteiger partial charge in [-0.2, -0.15) is 0 Å². The van der Waals surface area contributed by atoms with Crippen molar-refractivity contribution in [2.45, 2.75) is 6.42 Å². The Balaban J connectivity index is 1.63. The van der Waals surface area contributed by atoms with Gasteiger partial charge in [0.1, 0.15) is 12.4 Å². The normalized spacial score (nSPS) is 16.3. The van der Waals surface area contributed by atoms with E-state index in [0.29, 0.717) is 23.3 Å². The molecule has 1 fully saturated rings. The van der Waals surface area contributed by atoms with Crippen molar-refractivity contribution in [2.75, 3.05) is 26.2 Å². The number of hydrogen-bond donors (Lipinski definition) is 1. The Bertz CT molecular complexity index is 418. The van der Waals surface area contributed by atoms with E-state index in [0.717, 1.165) is 19.6 Å². The van der Waals surface area contributed by atoms with Crippen LogP contribution in [0.5, 0.6) is 5.75 Å². The van der Waals surface area contributed by atoms with E-state index in [4.69, 9.17) is 21.4 Å². The summed E-state index contributed by atoms with van der Waals surface area (Å²) in [6.45, 7) is 3.07. The largest absolute Gasteiger partial charge is 0.491 e. The molecule has 0 saturated carbocycles. The minimum Gasteiger partial charge on any atom is -0.491 e. The molecule has 1 heterocycles. The SMILES string of the molecule is O=C(O)CC1CN(CCOc2ccccc2Cl)C1. The Morgan fingerprint density at radius 1 is 1.44 bits per heavy atom. The van der Waals surface area contributed by atoms with E-state index in [-0.39, 0.29) is 6.42 Å². The van der Waals surface area contributed by atoms with Crippen LogP contribution in [0.3, 0.4) is 0 Å². The molecule has 5 heteroatoms. The molecule has 0 aliphatic carbocycles. The summed E-state index contributed by atoms with van der Waals surface area (Å²) in [6, 6.07) is 7.38. The predicted octanol–water partition coefficient (Wildman–Crippen LogP) is 2.13. The summed E-state index contributed by atoms with van der Waals surface area (Å²) in [4.78, 5) is 12.7. The number of carbonyl (C=O) groups is 1. The van der Waals surface area contributed by atoms with Crippen molar-refractivity contribution in [1.29, 1.82) is 0 Å². The molecule has 1 N–H and O–H groups in total. The number of aliphatic carboxylic acids is 1. The molecule has 1 aromatic rings. The molecule has 0 atom stereocenters. The first-order valence-electron chi connectivity index (χ1n) is 5.96. The minimum absolute atomic E-state index is 0.266. The first kappa shape index (κ1) is 13.2.